The van der Waals surface area contributed by atoms with Crippen molar-refractivity contribution in [3.05, 3.63) is 42.1 Å². The van der Waals surface area contributed by atoms with Crippen molar-refractivity contribution in [3.8, 4) is 0 Å². The van der Waals surface area contributed by atoms with Gasteiger partial charge in [0.2, 0.25) is 0 Å². The molecule has 0 N–H and O–H groups in total. The van der Waals surface area contributed by atoms with Gasteiger partial charge < -0.3 is 0 Å². The molecule has 2 nitrogen and oxygen atoms in total. The molecule has 0 atom stereocenters. The van der Waals surface area contributed by atoms with Crippen LogP contribution < -0.4 is 0 Å². The summed E-state index contributed by atoms with van der Waals surface area (Å²) in [5, 5.41) is 0.852. The number of fused-ring (bicyclic) bond motifs is 1. The third-order valence-electron chi connectivity index (χ3n) is 2.56. The van der Waals surface area contributed by atoms with Gasteiger partial charge in [0, 0.05) is 23.6 Å². The standard InChI is InChI=1S/C13H10F3NO/c14-13(15,16)6-5-12(18)10-4-3-9-2-1-7-17-11(9)8-10/h1-4,7-8H,5-6H2. The second-order valence-corrected chi connectivity index (χ2v) is 3.95. The number of Topliss-reactive ketones (excluding diaryl/α,β-unsaturated/α-hetero) is 1. The number of carbonyl (C=O) groups excluding carboxylic acids is 1. The minimum atomic E-state index is -4.30. The Balaban J connectivity index is 2.18. The minimum absolute atomic E-state index is 0.269. The number of ketones is 1. The van der Waals surface area contributed by atoms with Gasteiger partial charge in [0.05, 0.1) is 11.9 Å². The third kappa shape index (κ3) is 3.06. The Bertz CT molecular complexity index is 578. The molecule has 0 aliphatic rings. The number of nitrogens with zero attached hydrogens (tertiary/aromatic N) is 1. The summed E-state index contributed by atoms with van der Waals surface area (Å²) in [6.45, 7) is 0. The van der Waals surface area contributed by atoms with Crippen molar-refractivity contribution in [1.29, 1.82) is 0 Å². The Morgan fingerprint density at radius 2 is 2.00 bits per heavy atom. The summed E-state index contributed by atoms with van der Waals surface area (Å²) < 4.78 is 36.1. The molecule has 1 aromatic heterocycles. The second kappa shape index (κ2) is 4.76. The Kier molecular flexibility index (Phi) is 3.32. The Hall–Kier alpha value is -1.91. The summed E-state index contributed by atoms with van der Waals surface area (Å²) in [6.07, 6.45) is -4.34. The van der Waals surface area contributed by atoms with Crippen molar-refractivity contribution in [1.82, 2.24) is 4.98 Å². The van der Waals surface area contributed by atoms with Crippen molar-refractivity contribution in [3.63, 3.8) is 0 Å². The zero-order chi connectivity index (χ0) is 13.2. The molecule has 2 aromatic rings. The molecule has 0 amide bonds. The van der Waals surface area contributed by atoms with E-state index in [4.69, 9.17) is 0 Å². The van der Waals surface area contributed by atoms with Crippen LogP contribution in [0.2, 0.25) is 0 Å². The number of alkyl halides is 3. The molecule has 0 bridgehead atoms. The maximum Gasteiger partial charge on any atom is 0.389 e. The van der Waals surface area contributed by atoms with E-state index < -0.39 is 24.8 Å². The highest BCUT2D eigenvalue weighted by atomic mass is 19.4. The van der Waals surface area contributed by atoms with E-state index in [1.54, 1.807) is 18.3 Å². The van der Waals surface area contributed by atoms with Crippen LogP contribution in [0.15, 0.2) is 36.5 Å². The molecule has 0 saturated heterocycles. The zero-order valence-electron chi connectivity index (χ0n) is 9.37. The van der Waals surface area contributed by atoms with E-state index in [1.165, 1.54) is 12.1 Å². The van der Waals surface area contributed by atoms with Crippen LogP contribution in [-0.4, -0.2) is 16.9 Å². The average molecular weight is 253 g/mol. The van der Waals surface area contributed by atoms with Gasteiger partial charge in [0.15, 0.2) is 5.78 Å². The molecule has 5 heteroatoms. The van der Waals surface area contributed by atoms with Crippen molar-refractivity contribution >= 4 is 16.7 Å². The average Bonchev–Trinajstić information content (AvgIpc) is 2.34. The number of carbonyl (C=O) groups is 1. The predicted molar refractivity (Wildman–Crippen MR) is 61.4 cm³/mol. The van der Waals surface area contributed by atoms with Crippen LogP contribution in [0.4, 0.5) is 13.2 Å². The van der Waals surface area contributed by atoms with Crippen LogP contribution in [0.1, 0.15) is 23.2 Å². The van der Waals surface area contributed by atoms with Crippen molar-refractivity contribution < 1.29 is 18.0 Å². The summed E-state index contributed by atoms with van der Waals surface area (Å²) in [4.78, 5) is 15.7. The molecule has 0 aliphatic heterocycles. The van der Waals surface area contributed by atoms with E-state index in [0.29, 0.717) is 5.52 Å². The first-order chi connectivity index (χ1) is 8.46. The van der Waals surface area contributed by atoms with Gasteiger partial charge in [-0.05, 0) is 12.1 Å². The van der Waals surface area contributed by atoms with Gasteiger partial charge in [-0.2, -0.15) is 13.2 Å². The molecule has 18 heavy (non-hydrogen) atoms. The van der Waals surface area contributed by atoms with Crippen LogP contribution in [-0.2, 0) is 0 Å². The van der Waals surface area contributed by atoms with Gasteiger partial charge in [-0.1, -0.05) is 18.2 Å². The molecule has 94 valence electrons. The zero-order valence-corrected chi connectivity index (χ0v) is 9.37. The normalized spacial score (nSPS) is 11.7. The highest BCUT2D eigenvalue weighted by Crippen LogP contribution is 2.23. The smallest absolute Gasteiger partial charge is 0.294 e. The lowest BCUT2D eigenvalue weighted by atomic mass is 10.0. The van der Waals surface area contributed by atoms with Crippen molar-refractivity contribution in [2.24, 2.45) is 0 Å². The fourth-order valence-corrected chi connectivity index (χ4v) is 1.64. The van der Waals surface area contributed by atoms with E-state index in [9.17, 15) is 18.0 Å². The highest BCUT2D eigenvalue weighted by Gasteiger charge is 2.28. The number of halogens is 3. The number of rotatable bonds is 3. The maximum atomic E-state index is 12.0. The summed E-state index contributed by atoms with van der Waals surface area (Å²) in [5.41, 5.74) is 0.876. The van der Waals surface area contributed by atoms with E-state index in [2.05, 4.69) is 4.98 Å². The predicted octanol–water partition coefficient (Wildman–Crippen LogP) is 3.76. The second-order valence-electron chi connectivity index (χ2n) is 3.95. The topological polar surface area (TPSA) is 30.0 Å². The Morgan fingerprint density at radius 1 is 1.22 bits per heavy atom. The number of hydrogen-bond donors (Lipinski definition) is 0. The molecule has 0 radical (unpaired) electrons. The summed E-state index contributed by atoms with van der Waals surface area (Å²) in [6, 6.07) is 8.32. The van der Waals surface area contributed by atoms with Gasteiger partial charge in [-0.15, -0.1) is 0 Å². The largest absolute Gasteiger partial charge is 0.389 e. The van der Waals surface area contributed by atoms with Crippen LogP contribution >= 0.6 is 0 Å². The lowest BCUT2D eigenvalue weighted by molar-refractivity contribution is -0.133. The summed E-state index contributed by atoms with van der Waals surface area (Å²) in [5.74, 6) is -0.514. The molecule has 1 aromatic carbocycles. The molecule has 0 spiro atoms. The fourth-order valence-electron chi connectivity index (χ4n) is 1.64. The highest BCUT2D eigenvalue weighted by molar-refractivity contribution is 5.99. The summed E-state index contributed by atoms with van der Waals surface area (Å²) in [7, 11) is 0. The van der Waals surface area contributed by atoms with E-state index >= 15 is 0 Å². The molecule has 0 saturated carbocycles. The molecule has 0 unspecified atom stereocenters. The fraction of sp³-hybridized carbons (Fsp3) is 0.231. The van der Waals surface area contributed by atoms with Crippen molar-refractivity contribution in [2.45, 2.75) is 19.0 Å². The van der Waals surface area contributed by atoms with E-state index in [1.807, 2.05) is 6.07 Å². The monoisotopic (exact) mass is 253 g/mol. The first-order valence-corrected chi connectivity index (χ1v) is 5.40. The maximum absolute atomic E-state index is 12.0. The summed E-state index contributed by atoms with van der Waals surface area (Å²) >= 11 is 0. The molecule has 0 aliphatic carbocycles. The molecule has 1 heterocycles. The molecule has 0 fully saturated rings. The van der Waals surface area contributed by atoms with Crippen LogP contribution in [0.5, 0.6) is 0 Å². The van der Waals surface area contributed by atoms with Gasteiger partial charge in [-0.25, -0.2) is 0 Å². The first-order valence-electron chi connectivity index (χ1n) is 5.40. The van der Waals surface area contributed by atoms with Gasteiger partial charge in [0.25, 0.3) is 0 Å². The van der Waals surface area contributed by atoms with Crippen LogP contribution in [0.25, 0.3) is 10.9 Å². The SMILES string of the molecule is O=C(CCC(F)(F)F)c1ccc2cccnc2c1. The van der Waals surface area contributed by atoms with E-state index in [0.717, 1.165) is 5.39 Å². The Morgan fingerprint density at radius 3 is 2.72 bits per heavy atom. The van der Waals surface area contributed by atoms with Gasteiger partial charge >= 0.3 is 6.18 Å². The molecule has 2 rings (SSSR count). The minimum Gasteiger partial charge on any atom is -0.294 e. The third-order valence-corrected chi connectivity index (χ3v) is 2.56. The lowest BCUT2D eigenvalue weighted by Gasteiger charge is -2.05. The van der Waals surface area contributed by atoms with Gasteiger partial charge in [0.1, 0.15) is 0 Å². The quantitative estimate of drug-likeness (QED) is 0.779. The Labute approximate surface area is 101 Å². The number of pyridine rings is 1. The van der Waals surface area contributed by atoms with Crippen LogP contribution in [0.3, 0.4) is 0 Å². The number of aromatic nitrogens is 1. The first kappa shape index (κ1) is 12.5. The van der Waals surface area contributed by atoms with Crippen molar-refractivity contribution in [2.75, 3.05) is 0 Å². The van der Waals surface area contributed by atoms with E-state index in [-0.39, 0.29) is 5.56 Å². The lowest BCUT2D eigenvalue weighted by Crippen LogP contribution is -2.10. The number of benzene rings is 1. The molecular weight excluding hydrogens is 243 g/mol. The van der Waals surface area contributed by atoms with Gasteiger partial charge in [-0.3, -0.25) is 9.78 Å². The molecular formula is C13H10F3NO. The van der Waals surface area contributed by atoms with Crippen LogP contribution in [0, 0.1) is 0 Å². The number of hydrogen-bond acceptors (Lipinski definition) is 2.